The van der Waals surface area contributed by atoms with Crippen LogP contribution in [0.3, 0.4) is 0 Å². The smallest absolute Gasteiger partial charge is 0.322 e. The second kappa shape index (κ2) is 7.95. The van der Waals surface area contributed by atoms with Crippen LogP contribution in [-0.4, -0.2) is 37.7 Å². The lowest BCUT2D eigenvalue weighted by Gasteiger charge is -2.33. The van der Waals surface area contributed by atoms with Gasteiger partial charge in [0.1, 0.15) is 11.9 Å². The molecule has 1 aliphatic rings. The third kappa shape index (κ3) is 4.37. The van der Waals surface area contributed by atoms with E-state index in [-0.39, 0.29) is 12.1 Å². The van der Waals surface area contributed by atoms with Gasteiger partial charge < -0.3 is 19.7 Å². The molecule has 2 aromatic rings. The Balaban J connectivity index is 1.66. The van der Waals surface area contributed by atoms with E-state index in [9.17, 15) is 4.79 Å². The molecule has 0 spiro atoms. The summed E-state index contributed by atoms with van der Waals surface area (Å²) in [5, 5.41) is 3.93. The molecule has 0 aliphatic carbocycles. The van der Waals surface area contributed by atoms with Crippen molar-refractivity contribution in [1.82, 2.24) is 4.90 Å². The van der Waals surface area contributed by atoms with Crippen LogP contribution >= 0.6 is 23.2 Å². The zero-order chi connectivity index (χ0) is 17.8. The van der Waals surface area contributed by atoms with E-state index in [0.29, 0.717) is 41.2 Å². The Kier molecular flexibility index (Phi) is 5.68. The minimum absolute atomic E-state index is 0.178. The largest absolute Gasteiger partial charge is 0.497 e. The number of amides is 2. The number of urea groups is 1. The van der Waals surface area contributed by atoms with Crippen LogP contribution in [0.25, 0.3) is 0 Å². The molecule has 132 valence electrons. The Morgan fingerprint density at radius 2 is 2.00 bits per heavy atom. The van der Waals surface area contributed by atoms with Crippen LogP contribution in [0.5, 0.6) is 5.75 Å². The van der Waals surface area contributed by atoms with Gasteiger partial charge in [-0.25, -0.2) is 4.79 Å². The Bertz CT molecular complexity index is 752. The summed E-state index contributed by atoms with van der Waals surface area (Å²) >= 11 is 12.1. The SMILES string of the molecule is COc1ccc(NC(=O)N2CCOC(c3ccc(Cl)cc3)C2)c(Cl)c1. The third-order valence-corrected chi connectivity index (χ3v) is 4.58. The second-order valence-corrected chi connectivity index (χ2v) is 6.48. The lowest BCUT2D eigenvalue weighted by molar-refractivity contribution is -0.0135. The highest BCUT2D eigenvalue weighted by atomic mass is 35.5. The Labute approximate surface area is 156 Å². The van der Waals surface area contributed by atoms with E-state index in [2.05, 4.69) is 5.32 Å². The first-order valence-corrected chi connectivity index (χ1v) is 8.59. The molecule has 1 unspecified atom stereocenters. The van der Waals surface area contributed by atoms with Crippen molar-refractivity contribution in [2.45, 2.75) is 6.10 Å². The van der Waals surface area contributed by atoms with Crippen LogP contribution in [0.1, 0.15) is 11.7 Å². The molecular formula is C18H18Cl2N2O3. The van der Waals surface area contributed by atoms with Crippen molar-refractivity contribution in [3.63, 3.8) is 0 Å². The zero-order valence-corrected chi connectivity index (χ0v) is 15.2. The number of morpholine rings is 1. The highest BCUT2D eigenvalue weighted by Crippen LogP contribution is 2.28. The fourth-order valence-corrected chi connectivity index (χ4v) is 2.98. The van der Waals surface area contributed by atoms with E-state index in [1.165, 1.54) is 0 Å². The minimum atomic E-state index is -0.214. The molecule has 1 aliphatic heterocycles. The fraction of sp³-hybridized carbons (Fsp3) is 0.278. The summed E-state index contributed by atoms with van der Waals surface area (Å²) in [6, 6.07) is 12.4. The van der Waals surface area contributed by atoms with Crippen LogP contribution in [0, 0.1) is 0 Å². The molecule has 0 saturated carbocycles. The molecule has 1 heterocycles. The van der Waals surface area contributed by atoms with Gasteiger partial charge in [0.25, 0.3) is 0 Å². The number of anilines is 1. The maximum absolute atomic E-state index is 12.6. The van der Waals surface area contributed by atoms with Crippen LogP contribution in [0.15, 0.2) is 42.5 Å². The van der Waals surface area contributed by atoms with Crippen molar-refractivity contribution in [2.24, 2.45) is 0 Å². The highest BCUT2D eigenvalue weighted by molar-refractivity contribution is 6.33. The number of halogens is 2. The summed E-state index contributed by atoms with van der Waals surface area (Å²) in [5.74, 6) is 0.636. The molecule has 7 heteroatoms. The second-order valence-electron chi connectivity index (χ2n) is 5.63. The van der Waals surface area contributed by atoms with Gasteiger partial charge in [-0.15, -0.1) is 0 Å². The van der Waals surface area contributed by atoms with Gasteiger partial charge in [-0.2, -0.15) is 0 Å². The molecule has 0 radical (unpaired) electrons. The summed E-state index contributed by atoms with van der Waals surface area (Å²) in [4.78, 5) is 14.3. The number of benzene rings is 2. The maximum Gasteiger partial charge on any atom is 0.322 e. The lowest BCUT2D eigenvalue weighted by atomic mass is 10.1. The Hall–Kier alpha value is -1.95. The molecule has 2 aromatic carbocycles. The molecule has 1 fully saturated rings. The van der Waals surface area contributed by atoms with E-state index in [1.807, 2.05) is 24.3 Å². The van der Waals surface area contributed by atoms with E-state index < -0.39 is 0 Å². The van der Waals surface area contributed by atoms with Gasteiger partial charge in [0, 0.05) is 17.6 Å². The average molecular weight is 381 g/mol. The van der Waals surface area contributed by atoms with Gasteiger partial charge in [-0.05, 0) is 29.8 Å². The fourth-order valence-electron chi connectivity index (χ4n) is 2.63. The zero-order valence-electron chi connectivity index (χ0n) is 13.7. The summed E-state index contributed by atoms with van der Waals surface area (Å²) in [5.41, 5.74) is 1.53. The predicted octanol–water partition coefficient (Wildman–Crippen LogP) is 4.61. The van der Waals surface area contributed by atoms with Crippen LogP contribution < -0.4 is 10.1 Å². The first kappa shape index (κ1) is 17.9. The van der Waals surface area contributed by atoms with E-state index in [0.717, 1.165) is 5.56 Å². The number of nitrogens with one attached hydrogen (secondary N) is 1. The number of hydrogen-bond acceptors (Lipinski definition) is 3. The standard InChI is InChI=1S/C18H18Cl2N2O3/c1-24-14-6-7-16(15(20)10-14)21-18(23)22-8-9-25-17(11-22)12-2-4-13(19)5-3-12/h2-7,10,17H,8-9,11H2,1H3,(H,21,23). The monoisotopic (exact) mass is 380 g/mol. The number of ether oxygens (including phenoxy) is 2. The van der Waals surface area contributed by atoms with Crippen molar-refractivity contribution in [3.05, 3.63) is 58.1 Å². The van der Waals surface area contributed by atoms with Crippen molar-refractivity contribution in [3.8, 4) is 5.75 Å². The minimum Gasteiger partial charge on any atom is -0.497 e. The maximum atomic E-state index is 12.6. The molecule has 0 aromatic heterocycles. The summed E-state index contributed by atoms with van der Waals surface area (Å²) in [6.07, 6.45) is -0.178. The van der Waals surface area contributed by atoms with E-state index in [4.69, 9.17) is 32.7 Å². The number of carbonyl (C=O) groups is 1. The topological polar surface area (TPSA) is 50.8 Å². The summed E-state index contributed by atoms with van der Waals surface area (Å²) in [6.45, 7) is 1.45. The number of hydrogen-bond donors (Lipinski definition) is 1. The van der Waals surface area contributed by atoms with Crippen molar-refractivity contribution >= 4 is 34.9 Å². The lowest BCUT2D eigenvalue weighted by Crippen LogP contribution is -2.44. The van der Waals surface area contributed by atoms with Gasteiger partial charge >= 0.3 is 6.03 Å². The van der Waals surface area contributed by atoms with Crippen LogP contribution in [0.2, 0.25) is 10.0 Å². The van der Waals surface area contributed by atoms with Crippen molar-refractivity contribution < 1.29 is 14.3 Å². The summed E-state index contributed by atoms with van der Waals surface area (Å²) in [7, 11) is 1.56. The average Bonchev–Trinajstić information content (AvgIpc) is 2.64. The van der Waals surface area contributed by atoms with Crippen molar-refractivity contribution in [1.29, 1.82) is 0 Å². The Morgan fingerprint density at radius 3 is 2.68 bits per heavy atom. The van der Waals surface area contributed by atoms with Crippen molar-refractivity contribution in [2.75, 3.05) is 32.1 Å². The van der Waals surface area contributed by atoms with Gasteiger partial charge in [0.2, 0.25) is 0 Å². The van der Waals surface area contributed by atoms with Crippen LogP contribution in [-0.2, 0) is 4.74 Å². The molecule has 1 N–H and O–H groups in total. The highest BCUT2D eigenvalue weighted by Gasteiger charge is 2.25. The third-order valence-electron chi connectivity index (χ3n) is 4.01. The van der Waals surface area contributed by atoms with Gasteiger partial charge in [-0.1, -0.05) is 35.3 Å². The predicted molar refractivity (Wildman–Crippen MR) is 98.7 cm³/mol. The number of rotatable bonds is 3. The molecule has 2 amide bonds. The molecule has 1 atom stereocenters. The van der Waals surface area contributed by atoms with E-state index in [1.54, 1.807) is 30.2 Å². The summed E-state index contributed by atoms with van der Waals surface area (Å²) < 4.78 is 10.9. The van der Waals surface area contributed by atoms with Gasteiger partial charge in [0.15, 0.2) is 0 Å². The molecule has 3 rings (SSSR count). The number of carbonyl (C=O) groups excluding carboxylic acids is 1. The molecule has 25 heavy (non-hydrogen) atoms. The molecule has 1 saturated heterocycles. The first-order chi connectivity index (χ1) is 12.1. The van der Waals surface area contributed by atoms with Gasteiger partial charge in [-0.3, -0.25) is 0 Å². The quantitative estimate of drug-likeness (QED) is 0.845. The number of methoxy groups -OCH3 is 1. The molecular weight excluding hydrogens is 363 g/mol. The Morgan fingerprint density at radius 1 is 1.24 bits per heavy atom. The van der Waals surface area contributed by atoms with E-state index >= 15 is 0 Å². The normalized spacial score (nSPS) is 17.2. The van der Waals surface area contributed by atoms with Crippen LogP contribution in [0.4, 0.5) is 10.5 Å². The number of nitrogens with zero attached hydrogens (tertiary/aromatic N) is 1. The van der Waals surface area contributed by atoms with Gasteiger partial charge in [0.05, 0.1) is 31.0 Å². The molecule has 5 nitrogen and oxygen atoms in total. The molecule has 0 bridgehead atoms. The first-order valence-electron chi connectivity index (χ1n) is 7.83.